The van der Waals surface area contributed by atoms with E-state index in [0.29, 0.717) is 11.6 Å². The summed E-state index contributed by atoms with van der Waals surface area (Å²) in [4.78, 5) is 13.9. The van der Waals surface area contributed by atoms with E-state index in [1.165, 1.54) is 0 Å². The lowest BCUT2D eigenvalue weighted by atomic mass is 10.1. The lowest BCUT2D eigenvalue weighted by Gasteiger charge is -2.32. The van der Waals surface area contributed by atoms with E-state index in [4.69, 9.17) is 0 Å². The maximum absolute atomic E-state index is 12.1. The van der Waals surface area contributed by atoms with Gasteiger partial charge < -0.3 is 15.3 Å². The Morgan fingerprint density at radius 1 is 1.50 bits per heavy atom. The van der Waals surface area contributed by atoms with E-state index in [1.807, 2.05) is 11.0 Å². The molecule has 1 amide bonds. The molecule has 1 atom stereocenters. The first-order valence-corrected chi connectivity index (χ1v) is 5.95. The highest BCUT2D eigenvalue weighted by atomic mass is 35.5. The average molecular weight is 271 g/mol. The van der Waals surface area contributed by atoms with Gasteiger partial charge in [0.05, 0.1) is 6.42 Å². The van der Waals surface area contributed by atoms with Crippen molar-refractivity contribution in [3.05, 3.63) is 29.8 Å². The van der Waals surface area contributed by atoms with Crippen LogP contribution in [0, 0.1) is 0 Å². The summed E-state index contributed by atoms with van der Waals surface area (Å²) < 4.78 is 0. The van der Waals surface area contributed by atoms with Crippen LogP contribution >= 0.6 is 12.4 Å². The molecule has 0 aromatic heterocycles. The second-order valence-electron chi connectivity index (χ2n) is 4.50. The van der Waals surface area contributed by atoms with Crippen LogP contribution in [0.1, 0.15) is 12.5 Å². The number of phenols is 1. The van der Waals surface area contributed by atoms with Crippen LogP contribution in [0.4, 0.5) is 0 Å². The molecule has 1 aromatic carbocycles. The number of hydrogen-bond acceptors (Lipinski definition) is 3. The van der Waals surface area contributed by atoms with Crippen LogP contribution in [0.3, 0.4) is 0 Å². The van der Waals surface area contributed by atoms with Gasteiger partial charge in [0, 0.05) is 31.2 Å². The number of phenolic OH excluding ortho intramolecular Hbond substituents is 1. The van der Waals surface area contributed by atoms with Crippen molar-refractivity contribution in [3.8, 4) is 5.75 Å². The van der Waals surface area contributed by atoms with Crippen molar-refractivity contribution in [1.82, 2.24) is 10.2 Å². The highest BCUT2D eigenvalue weighted by Gasteiger charge is 2.20. The molecule has 1 aliphatic heterocycles. The first kappa shape index (κ1) is 14.8. The number of carbonyl (C=O) groups is 1. The van der Waals surface area contributed by atoms with Crippen LogP contribution in [0.25, 0.3) is 0 Å². The molecule has 100 valence electrons. The van der Waals surface area contributed by atoms with Crippen LogP contribution in [0.5, 0.6) is 5.75 Å². The van der Waals surface area contributed by atoms with Crippen LogP contribution in [-0.4, -0.2) is 41.6 Å². The third-order valence-corrected chi connectivity index (χ3v) is 3.05. The van der Waals surface area contributed by atoms with Crippen LogP contribution in [0.2, 0.25) is 0 Å². The van der Waals surface area contributed by atoms with E-state index in [9.17, 15) is 9.90 Å². The molecule has 1 saturated heterocycles. The molecule has 1 aliphatic rings. The van der Waals surface area contributed by atoms with Gasteiger partial charge in [-0.1, -0.05) is 18.2 Å². The monoisotopic (exact) mass is 270 g/mol. The highest BCUT2D eigenvalue weighted by molar-refractivity contribution is 5.85. The minimum absolute atomic E-state index is 0. The molecule has 2 N–H and O–H groups in total. The first-order valence-electron chi connectivity index (χ1n) is 5.95. The average Bonchev–Trinajstić information content (AvgIpc) is 2.32. The Morgan fingerprint density at radius 3 is 2.89 bits per heavy atom. The van der Waals surface area contributed by atoms with E-state index >= 15 is 0 Å². The van der Waals surface area contributed by atoms with Gasteiger partial charge in [0.25, 0.3) is 0 Å². The van der Waals surface area contributed by atoms with E-state index < -0.39 is 0 Å². The number of rotatable bonds is 2. The minimum atomic E-state index is 0. The number of hydrogen-bond donors (Lipinski definition) is 2. The summed E-state index contributed by atoms with van der Waals surface area (Å²) in [5.41, 5.74) is 0.698. The number of para-hydroxylation sites is 1. The molecule has 0 bridgehead atoms. The molecular weight excluding hydrogens is 252 g/mol. The van der Waals surface area contributed by atoms with Gasteiger partial charge in [-0.05, 0) is 13.0 Å². The number of carbonyl (C=O) groups excluding carboxylic acids is 1. The molecule has 1 aromatic rings. The summed E-state index contributed by atoms with van der Waals surface area (Å²) in [5.74, 6) is 0.281. The zero-order chi connectivity index (χ0) is 12.3. The quantitative estimate of drug-likeness (QED) is 0.848. The molecule has 0 unspecified atom stereocenters. The predicted octanol–water partition coefficient (Wildman–Crippen LogP) is 1.18. The van der Waals surface area contributed by atoms with Crippen molar-refractivity contribution in [1.29, 1.82) is 0 Å². The third kappa shape index (κ3) is 3.62. The zero-order valence-electron chi connectivity index (χ0n) is 10.4. The Bertz CT molecular complexity index is 412. The van der Waals surface area contributed by atoms with Crippen molar-refractivity contribution in [3.63, 3.8) is 0 Å². The van der Waals surface area contributed by atoms with Crippen molar-refractivity contribution < 1.29 is 9.90 Å². The fourth-order valence-corrected chi connectivity index (χ4v) is 2.09. The summed E-state index contributed by atoms with van der Waals surface area (Å²) >= 11 is 0. The maximum atomic E-state index is 12.1. The smallest absolute Gasteiger partial charge is 0.227 e. The molecule has 0 aliphatic carbocycles. The number of nitrogens with zero attached hydrogens (tertiary/aromatic N) is 1. The molecule has 1 fully saturated rings. The zero-order valence-corrected chi connectivity index (χ0v) is 11.2. The maximum Gasteiger partial charge on any atom is 0.227 e. The fourth-order valence-electron chi connectivity index (χ4n) is 2.09. The van der Waals surface area contributed by atoms with Gasteiger partial charge in [0.15, 0.2) is 0 Å². The summed E-state index contributed by atoms with van der Waals surface area (Å²) in [6.07, 6.45) is 0.277. The molecule has 0 saturated carbocycles. The number of benzene rings is 1. The summed E-state index contributed by atoms with van der Waals surface area (Å²) in [6, 6.07) is 7.35. The van der Waals surface area contributed by atoms with Gasteiger partial charge in [0.2, 0.25) is 5.91 Å². The van der Waals surface area contributed by atoms with Gasteiger partial charge in [-0.25, -0.2) is 0 Å². The predicted molar refractivity (Wildman–Crippen MR) is 73.1 cm³/mol. The Kier molecular flexibility index (Phi) is 5.44. The van der Waals surface area contributed by atoms with Crippen molar-refractivity contribution >= 4 is 18.3 Å². The van der Waals surface area contributed by atoms with Crippen molar-refractivity contribution in [2.45, 2.75) is 19.4 Å². The lowest BCUT2D eigenvalue weighted by molar-refractivity contribution is -0.131. The summed E-state index contributed by atoms with van der Waals surface area (Å²) in [6.45, 7) is 4.40. The molecular formula is C13H19ClN2O2. The lowest BCUT2D eigenvalue weighted by Crippen LogP contribution is -2.51. The van der Waals surface area contributed by atoms with Crippen LogP contribution in [-0.2, 0) is 11.2 Å². The molecule has 5 heteroatoms. The van der Waals surface area contributed by atoms with Crippen LogP contribution in [0.15, 0.2) is 24.3 Å². The van der Waals surface area contributed by atoms with Gasteiger partial charge in [-0.2, -0.15) is 0 Å². The molecule has 1 heterocycles. The van der Waals surface area contributed by atoms with Gasteiger partial charge in [-0.15, -0.1) is 12.4 Å². The number of piperazine rings is 1. The Morgan fingerprint density at radius 2 is 2.22 bits per heavy atom. The van der Waals surface area contributed by atoms with E-state index in [0.717, 1.165) is 19.6 Å². The number of halogens is 1. The molecule has 0 radical (unpaired) electrons. The fraction of sp³-hybridized carbons (Fsp3) is 0.462. The largest absolute Gasteiger partial charge is 0.508 e. The van der Waals surface area contributed by atoms with Crippen molar-refractivity contribution in [2.75, 3.05) is 19.6 Å². The normalized spacial score (nSPS) is 19.2. The van der Waals surface area contributed by atoms with Crippen LogP contribution < -0.4 is 5.32 Å². The Labute approximate surface area is 113 Å². The second kappa shape index (κ2) is 6.61. The summed E-state index contributed by atoms with van der Waals surface area (Å²) in [7, 11) is 0. The Balaban J connectivity index is 0.00000162. The van der Waals surface area contributed by atoms with Gasteiger partial charge in [0.1, 0.15) is 5.75 Å². The first-order chi connectivity index (χ1) is 8.16. The van der Waals surface area contributed by atoms with Crippen molar-refractivity contribution in [2.24, 2.45) is 0 Å². The molecule has 4 nitrogen and oxygen atoms in total. The van der Waals surface area contributed by atoms with E-state index in [-0.39, 0.29) is 30.5 Å². The van der Waals surface area contributed by atoms with E-state index in [2.05, 4.69) is 12.2 Å². The SMILES string of the molecule is C[C@@H]1CN(C(=O)Cc2ccccc2O)CCN1.Cl. The molecule has 0 spiro atoms. The Hall–Kier alpha value is -1.26. The minimum Gasteiger partial charge on any atom is -0.508 e. The topological polar surface area (TPSA) is 52.6 Å². The standard InChI is InChI=1S/C13H18N2O2.ClH/c1-10-9-15(7-6-14-10)13(17)8-11-4-2-3-5-12(11)16;/h2-5,10,14,16H,6-9H2,1H3;1H/t10-;/m1./s1. The molecule has 18 heavy (non-hydrogen) atoms. The number of aromatic hydroxyl groups is 1. The van der Waals surface area contributed by atoms with E-state index in [1.54, 1.807) is 18.2 Å². The number of amides is 1. The summed E-state index contributed by atoms with van der Waals surface area (Å²) in [5, 5.41) is 12.9. The third-order valence-electron chi connectivity index (χ3n) is 3.05. The van der Waals surface area contributed by atoms with Gasteiger partial charge >= 0.3 is 0 Å². The highest BCUT2D eigenvalue weighted by Crippen LogP contribution is 2.17. The second-order valence-corrected chi connectivity index (χ2v) is 4.50. The number of nitrogens with one attached hydrogen (secondary N) is 1. The van der Waals surface area contributed by atoms with Gasteiger partial charge in [-0.3, -0.25) is 4.79 Å². The molecule has 2 rings (SSSR count).